The maximum atomic E-state index is 12.6. The fourth-order valence-electron chi connectivity index (χ4n) is 3.93. The molecule has 8 heteroatoms. The number of rotatable bonds is 5. The minimum Gasteiger partial charge on any atom is -0.461 e. The maximum absolute atomic E-state index is 12.6. The van der Waals surface area contributed by atoms with Gasteiger partial charge in [-0.3, -0.25) is 14.7 Å². The summed E-state index contributed by atoms with van der Waals surface area (Å²) in [7, 11) is 0. The zero-order valence-corrected chi connectivity index (χ0v) is 17.4. The van der Waals surface area contributed by atoms with Gasteiger partial charge in [0.1, 0.15) is 11.5 Å². The third kappa shape index (κ3) is 3.78. The molecule has 1 aliphatic rings. The Morgan fingerprint density at radius 2 is 2.13 bits per heavy atom. The molecule has 0 saturated heterocycles. The van der Waals surface area contributed by atoms with E-state index < -0.39 is 0 Å². The van der Waals surface area contributed by atoms with Gasteiger partial charge in [0.15, 0.2) is 0 Å². The lowest BCUT2D eigenvalue weighted by Crippen LogP contribution is -2.35. The van der Waals surface area contributed by atoms with Gasteiger partial charge in [-0.1, -0.05) is 0 Å². The molecule has 3 aromatic heterocycles. The lowest BCUT2D eigenvalue weighted by atomic mass is 10.0. The molecule has 0 bridgehead atoms. The van der Waals surface area contributed by atoms with Gasteiger partial charge >= 0.3 is 5.97 Å². The molecule has 156 valence electrons. The molecule has 0 spiro atoms. The molecule has 0 atom stereocenters. The molecule has 2 N–H and O–H groups in total. The molecule has 0 fully saturated rings. The number of ether oxygens (including phenoxy) is 1. The van der Waals surface area contributed by atoms with Crippen molar-refractivity contribution < 1.29 is 9.53 Å². The lowest BCUT2D eigenvalue weighted by molar-refractivity contribution is 0.0519. The van der Waals surface area contributed by atoms with Crippen LogP contribution in [0.3, 0.4) is 0 Å². The van der Waals surface area contributed by atoms with E-state index >= 15 is 0 Å². The Bertz CT molecular complexity index is 1130. The van der Waals surface area contributed by atoms with Gasteiger partial charge in [-0.15, -0.1) is 0 Å². The summed E-state index contributed by atoms with van der Waals surface area (Å²) in [5, 5.41) is 0. The number of hydrogen-bond donors (Lipinski definition) is 2. The van der Waals surface area contributed by atoms with E-state index in [-0.39, 0.29) is 11.5 Å². The van der Waals surface area contributed by atoms with Crippen LogP contribution in [0, 0.1) is 13.8 Å². The molecule has 0 saturated carbocycles. The molecule has 0 radical (unpaired) electrons. The minimum absolute atomic E-state index is 0.0860. The number of aromatic amines is 2. The number of nitrogens with one attached hydrogen (secondary N) is 2. The van der Waals surface area contributed by atoms with Crippen LogP contribution >= 0.6 is 0 Å². The van der Waals surface area contributed by atoms with Crippen molar-refractivity contribution in [3.63, 3.8) is 0 Å². The van der Waals surface area contributed by atoms with Crippen molar-refractivity contribution in [3.8, 4) is 11.4 Å². The first-order valence-electron chi connectivity index (χ1n) is 10.1. The van der Waals surface area contributed by atoms with E-state index in [4.69, 9.17) is 9.72 Å². The Labute approximate surface area is 174 Å². The van der Waals surface area contributed by atoms with E-state index in [0.717, 1.165) is 40.2 Å². The van der Waals surface area contributed by atoms with Crippen LogP contribution in [-0.2, 0) is 24.2 Å². The van der Waals surface area contributed by atoms with Crippen molar-refractivity contribution in [2.24, 2.45) is 0 Å². The van der Waals surface area contributed by atoms with Gasteiger partial charge in [-0.25, -0.2) is 9.78 Å². The molecule has 0 unspecified atom stereocenters. The highest BCUT2D eigenvalue weighted by Crippen LogP contribution is 2.24. The number of esters is 1. The molecule has 30 heavy (non-hydrogen) atoms. The normalized spacial score (nSPS) is 13.8. The Hall–Kier alpha value is -3.26. The second-order valence-corrected chi connectivity index (χ2v) is 7.49. The summed E-state index contributed by atoms with van der Waals surface area (Å²) in [4.78, 5) is 41.9. The van der Waals surface area contributed by atoms with Gasteiger partial charge in [0, 0.05) is 48.8 Å². The van der Waals surface area contributed by atoms with Crippen LogP contribution in [0.2, 0.25) is 0 Å². The standard InChI is InChI=1S/C22H25N5O3/c1-4-30-22(29)19-13(2)17(14(3)24-19)11-27-9-7-16-18(12-27)25-20(26-21(16)28)15-6-5-8-23-10-15/h5-6,8,10,24H,4,7,9,11-12H2,1-3H3,(H,25,26,28). The highest BCUT2D eigenvalue weighted by atomic mass is 16.5. The first kappa shape index (κ1) is 20.0. The fourth-order valence-corrected chi connectivity index (χ4v) is 3.93. The maximum Gasteiger partial charge on any atom is 0.355 e. The monoisotopic (exact) mass is 407 g/mol. The Kier molecular flexibility index (Phi) is 5.50. The van der Waals surface area contributed by atoms with Gasteiger partial charge in [-0.05, 0) is 50.5 Å². The van der Waals surface area contributed by atoms with E-state index in [1.165, 1.54) is 0 Å². The average Bonchev–Trinajstić information content (AvgIpc) is 3.02. The first-order valence-corrected chi connectivity index (χ1v) is 10.1. The molecule has 4 heterocycles. The zero-order chi connectivity index (χ0) is 21.3. The van der Waals surface area contributed by atoms with E-state index in [1.54, 1.807) is 19.3 Å². The highest BCUT2D eigenvalue weighted by molar-refractivity contribution is 5.89. The van der Waals surface area contributed by atoms with Crippen LogP contribution < -0.4 is 5.56 Å². The summed E-state index contributed by atoms with van der Waals surface area (Å²) in [6.45, 7) is 8.04. The molecule has 3 aromatic rings. The second kappa shape index (κ2) is 8.23. The van der Waals surface area contributed by atoms with Gasteiger partial charge in [0.25, 0.3) is 5.56 Å². The SMILES string of the molecule is CCOC(=O)c1[nH]c(C)c(CN2CCc3c(nc(-c4cccnc4)[nH]c3=O)C2)c1C. The molecular formula is C22H25N5O3. The summed E-state index contributed by atoms with van der Waals surface area (Å²) in [5.74, 6) is 0.204. The molecule has 0 amide bonds. The number of aryl methyl sites for hydroxylation is 1. The van der Waals surface area contributed by atoms with E-state index in [9.17, 15) is 9.59 Å². The van der Waals surface area contributed by atoms with Gasteiger partial charge < -0.3 is 14.7 Å². The minimum atomic E-state index is -0.331. The fraction of sp³-hybridized carbons (Fsp3) is 0.364. The summed E-state index contributed by atoms with van der Waals surface area (Å²) in [6.07, 6.45) is 4.01. The average molecular weight is 407 g/mol. The number of fused-ring (bicyclic) bond motifs is 1. The topological polar surface area (TPSA) is 104 Å². The van der Waals surface area contributed by atoms with Crippen LogP contribution in [0.5, 0.6) is 0 Å². The third-order valence-corrected chi connectivity index (χ3v) is 5.54. The first-order chi connectivity index (χ1) is 14.5. The molecule has 0 aliphatic carbocycles. The number of H-pyrrole nitrogens is 2. The van der Waals surface area contributed by atoms with Crippen molar-refractivity contribution in [1.82, 2.24) is 24.8 Å². The van der Waals surface area contributed by atoms with Crippen molar-refractivity contribution in [2.45, 2.75) is 40.3 Å². The predicted octanol–water partition coefficient (Wildman–Crippen LogP) is 2.51. The molecule has 0 aromatic carbocycles. The van der Waals surface area contributed by atoms with Crippen LogP contribution in [0.25, 0.3) is 11.4 Å². The molecule has 4 rings (SSSR count). The molecular weight excluding hydrogens is 382 g/mol. The van der Waals surface area contributed by atoms with Crippen LogP contribution in [0.1, 0.15) is 45.5 Å². The van der Waals surface area contributed by atoms with E-state index in [0.29, 0.717) is 37.6 Å². The van der Waals surface area contributed by atoms with Gasteiger partial charge in [0.05, 0.1) is 12.3 Å². The summed E-state index contributed by atoms with van der Waals surface area (Å²) < 4.78 is 5.14. The highest BCUT2D eigenvalue weighted by Gasteiger charge is 2.24. The number of aromatic nitrogens is 4. The van der Waals surface area contributed by atoms with Crippen LogP contribution in [0.15, 0.2) is 29.3 Å². The van der Waals surface area contributed by atoms with Crippen molar-refractivity contribution in [1.29, 1.82) is 0 Å². The summed E-state index contributed by atoms with van der Waals surface area (Å²) in [6, 6.07) is 3.70. The Morgan fingerprint density at radius 1 is 1.30 bits per heavy atom. The van der Waals surface area contributed by atoms with E-state index in [1.807, 2.05) is 26.0 Å². The number of nitrogens with zero attached hydrogens (tertiary/aromatic N) is 3. The Morgan fingerprint density at radius 3 is 2.87 bits per heavy atom. The number of carbonyl (C=O) groups excluding carboxylic acids is 1. The van der Waals surface area contributed by atoms with Crippen molar-refractivity contribution >= 4 is 5.97 Å². The summed E-state index contributed by atoms with van der Waals surface area (Å²) in [5.41, 5.74) is 5.69. The second-order valence-electron chi connectivity index (χ2n) is 7.49. The predicted molar refractivity (Wildman–Crippen MR) is 112 cm³/mol. The Balaban J connectivity index is 1.59. The summed E-state index contributed by atoms with van der Waals surface area (Å²) >= 11 is 0. The van der Waals surface area contributed by atoms with Gasteiger partial charge in [0.2, 0.25) is 0 Å². The third-order valence-electron chi connectivity index (χ3n) is 5.54. The largest absolute Gasteiger partial charge is 0.461 e. The smallest absolute Gasteiger partial charge is 0.355 e. The quantitative estimate of drug-likeness (QED) is 0.630. The van der Waals surface area contributed by atoms with Crippen molar-refractivity contribution in [2.75, 3.05) is 13.2 Å². The van der Waals surface area contributed by atoms with Crippen LogP contribution in [0.4, 0.5) is 0 Å². The van der Waals surface area contributed by atoms with Crippen molar-refractivity contribution in [3.05, 3.63) is 68.7 Å². The number of hydrogen-bond acceptors (Lipinski definition) is 6. The molecule has 1 aliphatic heterocycles. The number of carbonyl (C=O) groups is 1. The van der Waals surface area contributed by atoms with Crippen LogP contribution in [-0.4, -0.2) is 44.0 Å². The zero-order valence-electron chi connectivity index (χ0n) is 17.4. The number of pyridine rings is 1. The molecule has 8 nitrogen and oxygen atoms in total. The lowest BCUT2D eigenvalue weighted by Gasteiger charge is -2.28. The van der Waals surface area contributed by atoms with Gasteiger partial charge in [-0.2, -0.15) is 0 Å². The van der Waals surface area contributed by atoms with E-state index in [2.05, 4.69) is 19.9 Å².